The molecule has 1 aliphatic rings. The Labute approximate surface area is 124 Å². The molecule has 1 fully saturated rings. The Morgan fingerprint density at radius 1 is 1.33 bits per heavy atom. The normalized spacial score (nSPS) is 20.4. The number of hydrogen-bond donors (Lipinski definition) is 1. The van der Waals surface area contributed by atoms with Gasteiger partial charge in [0.25, 0.3) is 10.2 Å². The SMILES string of the molecule is CCOC(=O)CN(CC)S(=O)(=O)N1CCCCC1C(=O)O. The molecule has 0 aromatic heterocycles. The highest BCUT2D eigenvalue weighted by molar-refractivity contribution is 7.86. The number of piperidine rings is 1. The Bertz CT molecular complexity index is 478. The van der Waals surface area contributed by atoms with Gasteiger partial charge in [-0.3, -0.25) is 9.59 Å². The number of likely N-dealkylation sites (N-methyl/N-ethyl adjacent to an activating group) is 1. The van der Waals surface area contributed by atoms with E-state index in [9.17, 15) is 23.1 Å². The fraction of sp³-hybridized carbons (Fsp3) is 0.833. The highest BCUT2D eigenvalue weighted by Crippen LogP contribution is 2.22. The third-order valence-electron chi connectivity index (χ3n) is 3.32. The molecular formula is C12H22N2O6S. The number of esters is 1. The molecule has 21 heavy (non-hydrogen) atoms. The number of carboxylic acid groups (broad SMARTS) is 1. The van der Waals surface area contributed by atoms with Gasteiger partial charge in [0.15, 0.2) is 0 Å². The third-order valence-corrected chi connectivity index (χ3v) is 5.39. The molecule has 0 aliphatic carbocycles. The fourth-order valence-electron chi connectivity index (χ4n) is 2.28. The molecular weight excluding hydrogens is 300 g/mol. The summed E-state index contributed by atoms with van der Waals surface area (Å²) in [6, 6.07) is -1.07. The van der Waals surface area contributed by atoms with Crippen LogP contribution in [0, 0.1) is 0 Å². The summed E-state index contributed by atoms with van der Waals surface area (Å²) in [7, 11) is -4.00. The summed E-state index contributed by atoms with van der Waals surface area (Å²) in [6.45, 7) is 3.21. The van der Waals surface area contributed by atoms with Crippen molar-refractivity contribution in [3.63, 3.8) is 0 Å². The first-order valence-corrected chi connectivity index (χ1v) is 8.39. The molecule has 9 heteroatoms. The van der Waals surface area contributed by atoms with E-state index < -0.39 is 34.7 Å². The van der Waals surface area contributed by atoms with Gasteiger partial charge in [-0.05, 0) is 26.2 Å². The standard InChI is InChI=1S/C12H22N2O6S/c1-3-13(9-11(15)20-4-2)21(18,19)14-8-6-5-7-10(14)12(16)17/h10H,3-9H2,1-2H3,(H,16,17). The van der Waals surface area contributed by atoms with Crippen molar-refractivity contribution < 1.29 is 27.9 Å². The topological polar surface area (TPSA) is 104 Å². The lowest BCUT2D eigenvalue weighted by molar-refractivity contribution is -0.143. The Hall–Kier alpha value is -1.19. The van der Waals surface area contributed by atoms with E-state index in [1.165, 1.54) is 0 Å². The molecule has 1 N–H and O–H groups in total. The average Bonchev–Trinajstić information content (AvgIpc) is 2.44. The van der Waals surface area contributed by atoms with Gasteiger partial charge in [0.05, 0.1) is 6.61 Å². The van der Waals surface area contributed by atoms with Crippen molar-refractivity contribution in [2.24, 2.45) is 0 Å². The second-order valence-electron chi connectivity index (χ2n) is 4.70. The maximum Gasteiger partial charge on any atom is 0.322 e. The Morgan fingerprint density at radius 2 is 2.00 bits per heavy atom. The Morgan fingerprint density at radius 3 is 2.52 bits per heavy atom. The highest BCUT2D eigenvalue weighted by atomic mass is 32.2. The van der Waals surface area contributed by atoms with E-state index in [1.54, 1.807) is 13.8 Å². The third kappa shape index (κ3) is 4.39. The van der Waals surface area contributed by atoms with Gasteiger partial charge in [-0.25, -0.2) is 0 Å². The van der Waals surface area contributed by atoms with Crippen molar-refractivity contribution in [3.8, 4) is 0 Å². The summed E-state index contributed by atoms with van der Waals surface area (Å²) in [6.07, 6.45) is 1.57. The first-order chi connectivity index (χ1) is 9.84. The molecule has 1 aliphatic heterocycles. The van der Waals surface area contributed by atoms with Crippen LogP contribution in [0.4, 0.5) is 0 Å². The van der Waals surface area contributed by atoms with E-state index in [2.05, 4.69) is 0 Å². The summed E-state index contributed by atoms with van der Waals surface area (Å²) < 4.78 is 31.8. The smallest absolute Gasteiger partial charge is 0.322 e. The molecule has 122 valence electrons. The number of rotatable bonds is 7. The van der Waals surface area contributed by atoms with Crippen LogP contribution in [0.15, 0.2) is 0 Å². The maximum atomic E-state index is 12.6. The summed E-state index contributed by atoms with van der Waals surface area (Å²) >= 11 is 0. The molecule has 0 saturated carbocycles. The second-order valence-corrected chi connectivity index (χ2v) is 6.58. The van der Waals surface area contributed by atoms with Crippen LogP contribution >= 0.6 is 0 Å². The number of carboxylic acids is 1. The van der Waals surface area contributed by atoms with Gasteiger partial charge in [0.1, 0.15) is 12.6 Å². The quantitative estimate of drug-likeness (QED) is 0.664. The number of carbonyl (C=O) groups is 2. The number of aliphatic carboxylic acids is 1. The molecule has 1 rings (SSSR count). The first-order valence-electron chi connectivity index (χ1n) is 6.99. The lowest BCUT2D eigenvalue weighted by Crippen LogP contribution is -2.54. The van der Waals surface area contributed by atoms with Crippen LogP contribution in [-0.4, -0.2) is 66.4 Å². The van der Waals surface area contributed by atoms with Crippen LogP contribution in [0.2, 0.25) is 0 Å². The van der Waals surface area contributed by atoms with E-state index in [0.717, 1.165) is 8.61 Å². The molecule has 0 aromatic carbocycles. The van der Waals surface area contributed by atoms with Crippen molar-refractivity contribution >= 4 is 22.1 Å². The van der Waals surface area contributed by atoms with Gasteiger partial charge in [0.2, 0.25) is 0 Å². The lowest BCUT2D eigenvalue weighted by atomic mass is 10.1. The zero-order valence-corrected chi connectivity index (χ0v) is 13.1. The van der Waals surface area contributed by atoms with Gasteiger partial charge in [0, 0.05) is 13.1 Å². The van der Waals surface area contributed by atoms with Gasteiger partial charge < -0.3 is 9.84 Å². The van der Waals surface area contributed by atoms with E-state index in [1.807, 2.05) is 0 Å². The molecule has 1 unspecified atom stereocenters. The van der Waals surface area contributed by atoms with Crippen LogP contribution in [0.25, 0.3) is 0 Å². The van der Waals surface area contributed by atoms with E-state index in [0.29, 0.717) is 12.8 Å². The molecule has 8 nitrogen and oxygen atoms in total. The van der Waals surface area contributed by atoms with Crippen LogP contribution in [-0.2, 0) is 24.5 Å². The summed E-state index contributed by atoms with van der Waals surface area (Å²) in [5, 5.41) is 9.18. The summed E-state index contributed by atoms with van der Waals surface area (Å²) in [5.41, 5.74) is 0. The summed E-state index contributed by atoms with van der Waals surface area (Å²) in [4.78, 5) is 22.7. The van der Waals surface area contributed by atoms with Crippen molar-refractivity contribution in [2.45, 2.75) is 39.2 Å². The van der Waals surface area contributed by atoms with Gasteiger partial charge >= 0.3 is 11.9 Å². The van der Waals surface area contributed by atoms with Crippen molar-refractivity contribution in [1.29, 1.82) is 0 Å². The zero-order chi connectivity index (χ0) is 16.0. The minimum atomic E-state index is -4.00. The first kappa shape index (κ1) is 17.9. The Kier molecular flexibility index (Phi) is 6.56. The van der Waals surface area contributed by atoms with Crippen LogP contribution < -0.4 is 0 Å². The lowest BCUT2D eigenvalue weighted by Gasteiger charge is -2.35. The molecule has 0 spiro atoms. The number of carbonyl (C=O) groups excluding carboxylic acids is 1. The minimum absolute atomic E-state index is 0.0734. The molecule has 0 amide bonds. The zero-order valence-electron chi connectivity index (χ0n) is 12.3. The number of nitrogens with zero attached hydrogens (tertiary/aromatic N) is 2. The minimum Gasteiger partial charge on any atom is -0.480 e. The van der Waals surface area contributed by atoms with Crippen LogP contribution in [0.1, 0.15) is 33.1 Å². The molecule has 0 aromatic rings. The van der Waals surface area contributed by atoms with Crippen molar-refractivity contribution in [2.75, 3.05) is 26.2 Å². The van der Waals surface area contributed by atoms with Gasteiger partial charge in [-0.2, -0.15) is 17.0 Å². The highest BCUT2D eigenvalue weighted by Gasteiger charge is 2.40. The molecule has 1 saturated heterocycles. The number of ether oxygens (including phenoxy) is 1. The monoisotopic (exact) mass is 322 g/mol. The van der Waals surface area contributed by atoms with Gasteiger partial charge in [-0.1, -0.05) is 6.92 Å². The van der Waals surface area contributed by atoms with Crippen molar-refractivity contribution in [1.82, 2.24) is 8.61 Å². The predicted octanol–water partition coefficient (Wildman–Crippen LogP) is 0.0553. The molecule has 1 heterocycles. The van der Waals surface area contributed by atoms with E-state index in [4.69, 9.17) is 4.74 Å². The van der Waals surface area contributed by atoms with Crippen LogP contribution in [0.5, 0.6) is 0 Å². The fourth-order valence-corrected chi connectivity index (χ4v) is 4.05. The largest absolute Gasteiger partial charge is 0.480 e. The van der Waals surface area contributed by atoms with Gasteiger partial charge in [-0.15, -0.1) is 0 Å². The number of hydrogen-bond acceptors (Lipinski definition) is 5. The predicted molar refractivity (Wildman–Crippen MR) is 74.8 cm³/mol. The van der Waals surface area contributed by atoms with Crippen molar-refractivity contribution in [3.05, 3.63) is 0 Å². The average molecular weight is 322 g/mol. The van der Waals surface area contributed by atoms with E-state index in [-0.39, 0.29) is 26.1 Å². The molecule has 1 atom stereocenters. The molecule has 0 bridgehead atoms. The Balaban J connectivity index is 2.94. The molecule has 0 radical (unpaired) electrons. The summed E-state index contributed by atoms with van der Waals surface area (Å²) in [5.74, 6) is -1.81. The van der Waals surface area contributed by atoms with E-state index >= 15 is 0 Å². The van der Waals surface area contributed by atoms with Crippen LogP contribution in [0.3, 0.4) is 0 Å². The maximum absolute atomic E-state index is 12.6. The second kappa shape index (κ2) is 7.71.